The van der Waals surface area contributed by atoms with E-state index in [0.29, 0.717) is 31.9 Å². The van der Waals surface area contributed by atoms with Crippen LogP contribution in [-0.4, -0.2) is 70.9 Å². The number of β-amino-alcohol motifs (C(OH)–C–C–N with tert-alkyl or cyclic N) is 1. The standard InChI is InChI=1S/C25H32N8O3/c1-15(2)19-13-29-33-23(28-12-18-11-27-22-6-4-5-16(3)32(18)22)9-21(30-24(19)33)26-10-17-7-8-31(25(35)36)14-20(17)34/h4-6,9,11,13,15,17,20,28,34H,7-8,10,12,14H2,1-3H3,(H,26,30)(H,35,36)/t17-,20+/m1/s1. The molecule has 0 aliphatic carbocycles. The number of aromatic nitrogens is 5. The summed E-state index contributed by atoms with van der Waals surface area (Å²) in [5.74, 6) is 1.65. The van der Waals surface area contributed by atoms with Gasteiger partial charge in [-0.25, -0.2) is 14.8 Å². The zero-order chi connectivity index (χ0) is 25.4. The van der Waals surface area contributed by atoms with Gasteiger partial charge in [0.1, 0.15) is 17.3 Å². The number of hydrogen-bond acceptors (Lipinski definition) is 7. The van der Waals surface area contributed by atoms with Crippen molar-refractivity contribution in [2.75, 3.05) is 30.3 Å². The average Bonchev–Trinajstić information content (AvgIpc) is 3.47. The Morgan fingerprint density at radius 1 is 1.25 bits per heavy atom. The minimum atomic E-state index is -0.994. The van der Waals surface area contributed by atoms with E-state index in [4.69, 9.17) is 4.98 Å². The number of carboxylic acid groups (broad SMARTS) is 1. The van der Waals surface area contributed by atoms with Crippen LogP contribution < -0.4 is 10.6 Å². The predicted octanol–water partition coefficient (Wildman–Crippen LogP) is 3.19. The van der Waals surface area contributed by atoms with E-state index < -0.39 is 12.2 Å². The highest BCUT2D eigenvalue weighted by atomic mass is 16.4. The second-order valence-corrected chi connectivity index (χ2v) is 9.71. The molecule has 5 heterocycles. The maximum Gasteiger partial charge on any atom is 0.407 e. The third-order valence-corrected chi connectivity index (χ3v) is 6.91. The smallest absolute Gasteiger partial charge is 0.407 e. The second kappa shape index (κ2) is 9.65. The van der Waals surface area contributed by atoms with Crippen LogP contribution in [0.15, 0.2) is 36.7 Å². The zero-order valence-corrected chi connectivity index (χ0v) is 20.7. The van der Waals surface area contributed by atoms with E-state index in [-0.39, 0.29) is 18.4 Å². The van der Waals surface area contributed by atoms with Crippen molar-refractivity contribution >= 4 is 29.0 Å². The maximum atomic E-state index is 11.2. The Kier molecular flexibility index (Phi) is 6.40. The lowest BCUT2D eigenvalue weighted by molar-refractivity contribution is 0.0294. The molecule has 1 aliphatic rings. The van der Waals surface area contributed by atoms with Crippen molar-refractivity contribution in [2.24, 2.45) is 5.92 Å². The molecule has 0 bridgehead atoms. The number of likely N-dealkylation sites (tertiary alicyclic amines) is 1. The summed E-state index contributed by atoms with van der Waals surface area (Å²) in [7, 11) is 0. The highest BCUT2D eigenvalue weighted by molar-refractivity contribution is 5.65. The SMILES string of the molecule is Cc1cccc2ncc(CNc3cc(NC[C@H]4CCN(C(=O)O)C[C@@H]4O)nc4c(C(C)C)cnn34)n12. The first-order valence-electron chi connectivity index (χ1n) is 12.3. The minimum absolute atomic E-state index is 0.0642. The van der Waals surface area contributed by atoms with E-state index in [9.17, 15) is 15.0 Å². The molecule has 0 spiro atoms. The number of piperidine rings is 1. The van der Waals surface area contributed by atoms with Crippen molar-refractivity contribution in [3.8, 4) is 0 Å². The second-order valence-electron chi connectivity index (χ2n) is 9.71. The molecule has 1 fully saturated rings. The van der Waals surface area contributed by atoms with Gasteiger partial charge in [0.15, 0.2) is 5.65 Å². The van der Waals surface area contributed by atoms with Crippen molar-refractivity contribution in [3.05, 3.63) is 53.6 Å². The van der Waals surface area contributed by atoms with Gasteiger partial charge in [-0.2, -0.15) is 9.61 Å². The van der Waals surface area contributed by atoms with Crippen LogP contribution in [0.2, 0.25) is 0 Å². The van der Waals surface area contributed by atoms with Crippen LogP contribution in [0.3, 0.4) is 0 Å². The van der Waals surface area contributed by atoms with Crippen LogP contribution in [0.5, 0.6) is 0 Å². The molecule has 4 aromatic rings. The number of amides is 1. The summed E-state index contributed by atoms with van der Waals surface area (Å²) >= 11 is 0. The molecule has 0 aromatic carbocycles. The monoisotopic (exact) mass is 492 g/mol. The maximum absolute atomic E-state index is 11.2. The molecule has 5 rings (SSSR count). The van der Waals surface area contributed by atoms with Gasteiger partial charge in [0.2, 0.25) is 0 Å². The fraction of sp³-hybridized carbons (Fsp3) is 0.440. The number of aliphatic hydroxyl groups excluding tert-OH is 1. The van der Waals surface area contributed by atoms with E-state index in [0.717, 1.165) is 34.1 Å². The molecule has 4 aromatic heterocycles. The molecule has 36 heavy (non-hydrogen) atoms. The molecule has 11 nitrogen and oxygen atoms in total. The molecule has 0 unspecified atom stereocenters. The fourth-order valence-electron chi connectivity index (χ4n) is 4.81. The van der Waals surface area contributed by atoms with Crippen LogP contribution in [0.1, 0.15) is 43.1 Å². The van der Waals surface area contributed by atoms with E-state index in [1.807, 2.05) is 35.1 Å². The van der Waals surface area contributed by atoms with Crippen LogP contribution in [0, 0.1) is 12.8 Å². The number of fused-ring (bicyclic) bond motifs is 2. The predicted molar refractivity (Wildman–Crippen MR) is 137 cm³/mol. The lowest BCUT2D eigenvalue weighted by Gasteiger charge is -2.34. The van der Waals surface area contributed by atoms with Crippen molar-refractivity contribution in [1.82, 2.24) is 28.9 Å². The summed E-state index contributed by atoms with van der Waals surface area (Å²) < 4.78 is 3.94. The van der Waals surface area contributed by atoms with E-state index in [2.05, 4.69) is 52.0 Å². The number of anilines is 2. The molecule has 0 radical (unpaired) electrons. The number of carbonyl (C=O) groups is 1. The Hall–Kier alpha value is -3.86. The number of rotatable bonds is 7. The lowest BCUT2D eigenvalue weighted by Crippen LogP contribution is -2.47. The number of aryl methyl sites for hydroxylation is 1. The van der Waals surface area contributed by atoms with Crippen LogP contribution in [0.4, 0.5) is 16.4 Å². The van der Waals surface area contributed by atoms with Gasteiger partial charge in [0.25, 0.3) is 0 Å². The Bertz CT molecular complexity index is 1390. The summed E-state index contributed by atoms with van der Waals surface area (Å²) in [6, 6.07) is 7.96. The van der Waals surface area contributed by atoms with Crippen molar-refractivity contribution in [1.29, 1.82) is 0 Å². The number of aliphatic hydroxyl groups is 1. The van der Waals surface area contributed by atoms with Gasteiger partial charge >= 0.3 is 6.09 Å². The summed E-state index contributed by atoms with van der Waals surface area (Å²) in [6.07, 6.45) is 2.60. The number of pyridine rings is 1. The van der Waals surface area contributed by atoms with Crippen molar-refractivity contribution < 1.29 is 15.0 Å². The first kappa shape index (κ1) is 23.9. The van der Waals surface area contributed by atoms with E-state index >= 15 is 0 Å². The van der Waals surface area contributed by atoms with E-state index in [1.54, 1.807) is 0 Å². The molecule has 4 N–H and O–H groups in total. The third kappa shape index (κ3) is 4.53. The van der Waals surface area contributed by atoms with Gasteiger partial charge in [-0.1, -0.05) is 19.9 Å². The topological polar surface area (TPSA) is 132 Å². The molecule has 1 aliphatic heterocycles. The number of imidazole rings is 1. The average molecular weight is 493 g/mol. The third-order valence-electron chi connectivity index (χ3n) is 6.91. The van der Waals surface area contributed by atoms with Gasteiger partial charge in [0, 0.05) is 36.3 Å². The molecule has 0 saturated carbocycles. The summed E-state index contributed by atoms with van der Waals surface area (Å²) in [5.41, 5.74) is 4.86. The van der Waals surface area contributed by atoms with Crippen molar-refractivity contribution in [2.45, 2.75) is 45.8 Å². The van der Waals surface area contributed by atoms with Gasteiger partial charge in [0.05, 0.1) is 37.3 Å². The summed E-state index contributed by atoms with van der Waals surface area (Å²) in [4.78, 5) is 21.8. The highest BCUT2D eigenvalue weighted by Gasteiger charge is 2.30. The zero-order valence-electron chi connectivity index (χ0n) is 20.7. The van der Waals surface area contributed by atoms with Gasteiger partial charge in [-0.3, -0.25) is 4.40 Å². The molecule has 2 atom stereocenters. The van der Waals surface area contributed by atoms with Crippen molar-refractivity contribution in [3.63, 3.8) is 0 Å². The quantitative estimate of drug-likeness (QED) is 0.309. The van der Waals surface area contributed by atoms with Crippen LogP contribution in [0.25, 0.3) is 11.3 Å². The minimum Gasteiger partial charge on any atom is -0.465 e. The molecule has 190 valence electrons. The summed E-state index contributed by atoms with van der Waals surface area (Å²) in [6.45, 7) is 7.86. The van der Waals surface area contributed by atoms with Crippen LogP contribution in [-0.2, 0) is 6.54 Å². The van der Waals surface area contributed by atoms with E-state index in [1.165, 1.54) is 4.90 Å². The Morgan fingerprint density at radius 2 is 2.08 bits per heavy atom. The first-order chi connectivity index (χ1) is 17.3. The van der Waals surface area contributed by atoms with Gasteiger partial charge in [-0.15, -0.1) is 0 Å². The molecule has 1 saturated heterocycles. The first-order valence-corrected chi connectivity index (χ1v) is 12.3. The van der Waals surface area contributed by atoms with Gasteiger partial charge in [-0.05, 0) is 31.4 Å². The lowest BCUT2D eigenvalue weighted by atomic mass is 9.94. The number of nitrogens with zero attached hydrogens (tertiary/aromatic N) is 6. The van der Waals surface area contributed by atoms with Crippen LogP contribution >= 0.6 is 0 Å². The fourth-order valence-corrected chi connectivity index (χ4v) is 4.81. The normalized spacial score (nSPS) is 18.3. The number of nitrogens with one attached hydrogen (secondary N) is 2. The largest absolute Gasteiger partial charge is 0.465 e. The summed E-state index contributed by atoms with van der Waals surface area (Å²) in [5, 5.41) is 31.1. The Morgan fingerprint density at radius 3 is 2.83 bits per heavy atom. The highest BCUT2D eigenvalue weighted by Crippen LogP contribution is 2.26. The molecular weight excluding hydrogens is 460 g/mol. The molecule has 1 amide bonds. The Labute approximate surface area is 208 Å². The Balaban J connectivity index is 1.38. The molecular formula is C25H32N8O3. The number of hydrogen-bond donors (Lipinski definition) is 4. The van der Waals surface area contributed by atoms with Gasteiger partial charge < -0.3 is 25.7 Å². The molecule has 11 heteroatoms.